The number of aromatic nitrogens is 2. The first-order valence-corrected chi connectivity index (χ1v) is 5.72. The normalized spacial score (nSPS) is 10.4. The third-order valence-electron chi connectivity index (χ3n) is 2.30. The van der Waals surface area contributed by atoms with Crippen molar-refractivity contribution >= 4 is 27.5 Å². The van der Waals surface area contributed by atoms with Gasteiger partial charge in [-0.2, -0.15) is 5.10 Å². The third kappa shape index (κ3) is 2.40. The summed E-state index contributed by atoms with van der Waals surface area (Å²) >= 11 is 2.96. The van der Waals surface area contributed by atoms with Crippen LogP contribution in [-0.4, -0.2) is 15.7 Å². The van der Waals surface area contributed by atoms with E-state index in [2.05, 4.69) is 26.3 Å². The second-order valence-electron chi connectivity index (χ2n) is 3.54. The van der Waals surface area contributed by atoms with Crippen LogP contribution in [0.2, 0.25) is 0 Å². The van der Waals surface area contributed by atoms with Gasteiger partial charge in [-0.3, -0.25) is 9.48 Å². The lowest BCUT2D eigenvalue weighted by Gasteiger charge is -2.08. The summed E-state index contributed by atoms with van der Waals surface area (Å²) in [7, 11) is 1.56. The van der Waals surface area contributed by atoms with Crippen molar-refractivity contribution < 1.29 is 13.6 Å². The van der Waals surface area contributed by atoms with Gasteiger partial charge >= 0.3 is 0 Å². The molecule has 0 unspecified atom stereocenters. The van der Waals surface area contributed by atoms with Crippen molar-refractivity contribution in [2.45, 2.75) is 0 Å². The van der Waals surface area contributed by atoms with E-state index in [9.17, 15) is 13.6 Å². The molecule has 0 atom stereocenters. The Morgan fingerprint density at radius 2 is 2.00 bits per heavy atom. The van der Waals surface area contributed by atoms with Gasteiger partial charge in [-0.15, -0.1) is 0 Å². The first kappa shape index (κ1) is 12.7. The zero-order valence-corrected chi connectivity index (χ0v) is 10.8. The minimum atomic E-state index is -0.850. The van der Waals surface area contributed by atoms with Gasteiger partial charge in [0.2, 0.25) is 0 Å². The molecule has 0 aliphatic rings. The average molecular weight is 316 g/mol. The van der Waals surface area contributed by atoms with Crippen molar-refractivity contribution in [2.75, 3.05) is 5.32 Å². The second-order valence-corrected chi connectivity index (χ2v) is 4.45. The fourth-order valence-corrected chi connectivity index (χ4v) is 1.84. The van der Waals surface area contributed by atoms with Crippen LogP contribution in [0.3, 0.4) is 0 Å². The molecule has 1 heterocycles. The molecule has 2 rings (SSSR count). The molecule has 0 aliphatic carbocycles. The van der Waals surface area contributed by atoms with E-state index in [0.29, 0.717) is 0 Å². The molecule has 18 heavy (non-hydrogen) atoms. The molecule has 0 radical (unpaired) electrons. The molecular weight excluding hydrogens is 308 g/mol. The Hall–Kier alpha value is -1.76. The van der Waals surface area contributed by atoms with Gasteiger partial charge in [0, 0.05) is 17.7 Å². The Balaban J connectivity index is 2.31. The molecule has 1 N–H and O–H groups in total. The largest absolute Gasteiger partial charge is 0.316 e. The lowest BCUT2D eigenvalue weighted by atomic mass is 10.2. The topological polar surface area (TPSA) is 46.9 Å². The molecular formula is C11H8BrF2N3O. The lowest BCUT2D eigenvalue weighted by Crippen LogP contribution is -2.17. The highest BCUT2D eigenvalue weighted by atomic mass is 79.9. The van der Waals surface area contributed by atoms with E-state index in [1.807, 2.05) is 0 Å². The first-order chi connectivity index (χ1) is 8.49. The Labute approximate surface area is 110 Å². The number of aryl methyl sites for hydroxylation is 1. The molecule has 0 bridgehead atoms. The number of carbonyl (C=O) groups excluding carboxylic acids is 1. The summed E-state index contributed by atoms with van der Waals surface area (Å²) in [4.78, 5) is 11.8. The summed E-state index contributed by atoms with van der Waals surface area (Å²) in [6.45, 7) is 0. The molecule has 0 spiro atoms. The zero-order valence-electron chi connectivity index (χ0n) is 9.25. The molecule has 94 valence electrons. The Kier molecular flexibility index (Phi) is 3.42. The summed E-state index contributed by atoms with van der Waals surface area (Å²) < 4.78 is 28.6. The maximum Gasteiger partial charge on any atom is 0.274 e. The van der Waals surface area contributed by atoms with Crippen LogP contribution in [-0.2, 0) is 7.05 Å². The maximum absolute atomic E-state index is 13.5. The summed E-state index contributed by atoms with van der Waals surface area (Å²) in [6.07, 6.45) is 1.42. The molecule has 2 aromatic rings. The van der Waals surface area contributed by atoms with E-state index >= 15 is 0 Å². The summed E-state index contributed by atoms with van der Waals surface area (Å²) in [5, 5.41) is 5.98. The molecule has 0 aliphatic heterocycles. The number of nitrogens with zero attached hydrogens (tertiary/aromatic N) is 2. The highest BCUT2D eigenvalue weighted by Crippen LogP contribution is 2.24. The lowest BCUT2D eigenvalue weighted by molar-refractivity contribution is 0.101. The number of hydrogen-bond donors (Lipinski definition) is 1. The van der Waals surface area contributed by atoms with Crippen molar-refractivity contribution in [1.82, 2.24) is 9.78 Å². The number of benzene rings is 1. The monoisotopic (exact) mass is 315 g/mol. The number of hydrogen-bond acceptors (Lipinski definition) is 2. The molecule has 1 amide bonds. The fraction of sp³-hybridized carbons (Fsp3) is 0.0909. The molecule has 1 aromatic carbocycles. The van der Waals surface area contributed by atoms with E-state index in [-0.39, 0.29) is 10.2 Å². The van der Waals surface area contributed by atoms with E-state index < -0.39 is 23.2 Å². The SMILES string of the molecule is Cn1nccc1C(=O)Nc1c(F)cc(Br)cc1F. The highest BCUT2D eigenvalue weighted by molar-refractivity contribution is 9.10. The number of halogens is 3. The van der Waals surface area contributed by atoms with Crippen molar-refractivity contribution in [2.24, 2.45) is 7.05 Å². The molecule has 1 aromatic heterocycles. The predicted molar refractivity (Wildman–Crippen MR) is 65.2 cm³/mol. The third-order valence-corrected chi connectivity index (χ3v) is 2.76. The fourth-order valence-electron chi connectivity index (χ4n) is 1.44. The van der Waals surface area contributed by atoms with Gasteiger partial charge in [-0.1, -0.05) is 15.9 Å². The van der Waals surface area contributed by atoms with Gasteiger partial charge < -0.3 is 5.32 Å². The summed E-state index contributed by atoms with van der Waals surface area (Å²) in [5.41, 5.74) is -0.277. The van der Waals surface area contributed by atoms with Crippen LogP contribution in [0.4, 0.5) is 14.5 Å². The molecule has 0 saturated heterocycles. The van der Waals surface area contributed by atoms with Crippen molar-refractivity contribution in [3.05, 3.63) is 46.2 Å². The van der Waals surface area contributed by atoms with Crippen molar-refractivity contribution in [3.8, 4) is 0 Å². The number of carbonyl (C=O) groups is 1. The highest BCUT2D eigenvalue weighted by Gasteiger charge is 2.16. The number of nitrogens with one attached hydrogen (secondary N) is 1. The average Bonchev–Trinajstić information content (AvgIpc) is 2.69. The Morgan fingerprint density at radius 1 is 1.39 bits per heavy atom. The van der Waals surface area contributed by atoms with Crippen LogP contribution in [0, 0.1) is 11.6 Å². The Morgan fingerprint density at radius 3 is 2.50 bits per heavy atom. The molecule has 0 fully saturated rings. The van der Waals surface area contributed by atoms with Gasteiger partial charge in [-0.25, -0.2) is 8.78 Å². The summed E-state index contributed by atoms with van der Waals surface area (Å²) in [5.74, 6) is -2.33. The van der Waals surface area contributed by atoms with Crippen LogP contribution in [0.25, 0.3) is 0 Å². The summed E-state index contributed by atoms with van der Waals surface area (Å²) in [6, 6.07) is 3.59. The maximum atomic E-state index is 13.5. The van der Waals surface area contributed by atoms with E-state index in [1.165, 1.54) is 16.9 Å². The van der Waals surface area contributed by atoms with Gasteiger partial charge in [0.05, 0.1) is 0 Å². The van der Waals surface area contributed by atoms with E-state index in [0.717, 1.165) is 12.1 Å². The molecule has 4 nitrogen and oxygen atoms in total. The van der Waals surface area contributed by atoms with Gasteiger partial charge in [0.15, 0.2) is 11.6 Å². The van der Waals surface area contributed by atoms with Gasteiger partial charge in [0.1, 0.15) is 11.4 Å². The molecule has 0 saturated carbocycles. The zero-order chi connectivity index (χ0) is 13.3. The van der Waals surface area contributed by atoms with Crippen LogP contribution >= 0.6 is 15.9 Å². The predicted octanol–water partition coefficient (Wildman–Crippen LogP) is 2.71. The standard InChI is InChI=1S/C11H8BrF2N3O/c1-17-9(2-3-15-17)11(18)16-10-7(13)4-6(12)5-8(10)14/h2-5H,1H3,(H,16,18). The second kappa shape index (κ2) is 4.85. The van der Waals surface area contributed by atoms with Crippen LogP contribution in [0.15, 0.2) is 28.9 Å². The van der Waals surface area contributed by atoms with Crippen molar-refractivity contribution in [3.63, 3.8) is 0 Å². The Bertz CT molecular complexity index is 589. The minimum absolute atomic E-state index is 0.205. The van der Waals surface area contributed by atoms with Gasteiger partial charge in [0.25, 0.3) is 5.91 Å². The number of rotatable bonds is 2. The minimum Gasteiger partial charge on any atom is -0.316 e. The van der Waals surface area contributed by atoms with E-state index in [1.54, 1.807) is 7.05 Å². The number of amides is 1. The van der Waals surface area contributed by atoms with Gasteiger partial charge in [-0.05, 0) is 18.2 Å². The molecule has 7 heteroatoms. The smallest absolute Gasteiger partial charge is 0.274 e. The van der Waals surface area contributed by atoms with E-state index in [4.69, 9.17) is 0 Å². The first-order valence-electron chi connectivity index (χ1n) is 4.93. The van der Waals surface area contributed by atoms with Crippen LogP contribution in [0.1, 0.15) is 10.5 Å². The number of anilines is 1. The quantitative estimate of drug-likeness (QED) is 0.926. The van der Waals surface area contributed by atoms with Crippen LogP contribution in [0.5, 0.6) is 0 Å². The van der Waals surface area contributed by atoms with Crippen LogP contribution < -0.4 is 5.32 Å². The van der Waals surface area contributed by atoms with Crippen molar-refractivity contribution in [1.29, 1.82) is 0 Å².